The molecule has 0 fully saturated rings. The number of aromatic nitrogens is 4. The molecular weight excluding hydrogens is 326 g/mol. The third kappa shape index (κ3) is 2.82. The molecule has 0 bridgehead atoms. The average Bonchev–Trinajstić information content (AvgIpc) is 3.24. The lowest BCUT2D eigenvalue weighted by Crippen LogP contribution is -2.05. The Labute approximate surface area is 152 Å². The SMILES string of the molecule is COc1cc(C)cc2c3ccccc3n(CCCn3cc(CN)nn3)c12. The van der Waals surface area contributed by atoms with Crippen molar-refractivity contribution < 1.29 is 4.74 Å². The fourth-order valence-electron chi connectivity index (χ4n) is 3.61. The Morgan fingerprint density at radius 2 is 1.96 bits per heavy atom. The van der Waals surface area contributed by atoms with E-state index in [0.29, 0.717) is 6.54 Å². The van der Waals surface area contributed by atoms with Crippen molar-refractivity contribution >= 4 is 21.8 Å². The van der Waals surface area contributed by atoms with Crippen molar-refractivity contribution in [3.63, 3.8) is 0 Å². The highest BCUT2D eigenvalue weighted by molar-refractivity contribution is 6.10. The van der Waals surface area contributed by atoms with Gasteiger partial charge in [0.1, 0.15) is 5.75 Å². The number of methoxy groups -OCH3 is 1. The van der Waals surface area contributed by atoms with Gasteiger partial charge in [-0.1, -0.05) is 23.4 Å². The zero-order valence-electron chi connectivity index (χ0n) is 15.1. The number of aryl methyl sites for hydroxylation is 3. The minimum absolute atomic E-state index is 0.420. The first-order chi connectivity index (χ1) is 12.7. The predicted molar refractivity (Wildman–Crippen MR) is 103 cm³/mol. The Morgan fingerprint density at radius 1 is 1.12 bits per heavy atom. The van der Waals surface area contributed by atoms with Crippen LogP contribution in [0.3, 0.4) is 0 Å². The molecule has 2 aromatic carbocycles. The van der Waals surface area contributed by atoms with Gasteiger partial charge in [0.25, 0.3) is 0 Å². The van der Waals surface area contributed by atoms with Crippen molar-refractivity contribution in [2.24, 2.45) is 5.73 Å². The van der Waals surface area contributed by atoms with Crippen LogP contribution in [0, 0.1) is 6.92 Å². The molecule has 0 aliphatic heterocycles. The molecule has 2 heterocycles. The molecule has 0 atom stereocenters. The molecule has 6 heteroatoms. The summed E-state index contributed by atoms with van der Waals surface area (Å²) in [7, 11) is 1.74. The topological polar surface area (TPSA) is 70.9 Å². The fourth-order valence-corrected chi connectivity index (χ4v) is 3.61. The molecule has 0 unspecified atom stereocenters. The van der Waals surface area contributed by atoms with Gasteiger partial charge < -0.3 is 15.0 Å². The maximum atomic E-state index is 5.70. The van der Waals surface area contributed by atoms with E-state index >= 15 is 0 Å². The number of nitrogens with two attached hydrogens (primary N) is 1. The summed E-state index contributed by atoms with van der Waals surface area (Å²) in [5, 5.41) is 10.7. The van der Waals surface area contributed by atoms with Crippen LogP contribution >= 0.6 is 0 Å². The van der Waals surface area contributed by atoms with Gasteiger partial charge in [-0.3, -0.25) is 4.68 Å². The summed E-state index contributed by atoms with van der Waals surface area (Å²) in [5.74, 6) is 0.919. The zero-order chi connectivity index (χ0) is 18.1. The van der Waals surface area contributed by atoms with Gasteiger partial charge in [-0.2, -0.15) is 0 Å². The van der Waals surface area contributed by atoms with E-state index in [4.69, 9.17) is 10.5 Å². The maximum absolute atomic E-state index is 5.70. The van der Waals surface area contributed by atoms with E-state index < -0.39 is 0 Å². The number of benzene rings is 2. The number of ether oxygens (including phenoxy) is 1. The Hall–Kier alpha value is -2.86. The first kappa shape index (κ1) is 16.6. The molecule has 0 aliphatic rings. The lowest BCUT2D eigenvalue weighted by molar-refractivity contribution is 0.416. The highest BCUT2D eigenvalue weighted by Gasteiger charge is 2.15. The highest BCUT2D eigenvalue weighted by Crippen LogP contribution is 2.36. The molecular formula is C20H23N5O. The summed E-state index contributed by atoms with van der Waals surface area (Å²) in [6, 6.07) is 12.9. The van der Waals surface area contributed by atoms with E-state index in [0.717, 1.165) is 36.5 Å². The van der Waals surface area contributed by atoms with Crippen molar-refractivity contribution in [1.82, 2.24) is 19.6 Å². The van der Waals surface area contributed by atoms with Crippen molar-refractivity contribution in [2.45, 2.75) is 33.0 Å². The summed E-state index contributed by atoms with van der Waals surface area (Å²) >= 11 is 0. The van der Waals surface area contributed by atoms with Crippen LogP contribution in [0.2, 0.25) is 0 Å². The zero-order valence-corrected chi connectivity index (χ0v) is 15.1. The summed E-state index contributed by atoms with van der Waals surface area (Å²) < 4.78 is 9.91. The van der Waals surface area contributed by atoms with Crippen molar-refractivity contribution in [1.29, 1.82) is 0 Å². The van der Waals surface area contributed by atoms with Crippen molar-refractivity contribution in [3.8, 4) is 5.75 Å². The number of hydrogen-bond donors (Lipinski definition) is 1. The van der Waals surface area contributed by atoms with Gasteiger partial charge in [0.15, 0.2) is 0 Å². The number of rotatable bonds is 6. The Morgan fingerprint density at radius 3 is 2.73 bits per heavy atom. The summed E-state index contributed by atoms with van der Waals surface area (Å²) in [5.41, 5.74) is 10.0. The van der Waals surface area contributed by atoms with E-state index in [-0.39, 0.29) is 0 Å². The number of fused-ring (bicyclic) bond motifs is 3. The molecule has 4 aromatic rings. The molecule has 0 aliphatic carbocycles. The van der Waals surface area contributed by atoms with Crippen LogP contribution in [-0.4, -0.2) is 26.7 Å². The molecule has 0 saturated heterocycles. The summed E-state index contributed by atoms with van der Waals surface area (Å²) in [4.78, 5) is 0. The second kappa shape index (κ2) is 6.80. The van der Waals surface area contributed by atoms with Gasteiger partial charge in [-0.25, -0.2) is 0 Å². The first-order valence-electron chi connectivity index (χ1n) is 8.86. The first-order valence-corrected chi connectivity index (χ1v) is 8.86. The minimum atomic E-state index is 0.420. The molecule has 26 heavy (non-hydrogen) atoms. The second-order valence-electron chi connectivity index (χ2n) is 6.56. The standard InChI is InChI=1S/C20H23N5O/c1-14-10-17-16-6-3-4-7-18(16)25(20(17)19(11-14)26-2)9-5-8-24-13-15(12-21)22-23-24/h3-4,6-7,10-11,13H,5,8-9,12,21H2,1-2H3. The van der Waals surface area contributed by atoms with Crippen LogP contribution in [0.25, 0.3) is 21.8 Å². The monoisotopic (exact) mass is 349 g/mol. The minimum Gasteiger partial charge on any atom is -0.495 e. The van der Waals surface area contributed by atoms with Crippen LogP contribution in [0.4, 0.5) is 0 Å². The van der Waals surface area contributed by atoms with Gasteiger partial charge in [0, 0.05) is 42.1 Å². The number of nitrogens with zero attached hydrogens (tertiary/aromatic N) is 4. The summed E-state index contributed by atoms with van der Waals surface area (Å²) in [6.07, 6.45) is 2.86. The van der Waals surface area contributed by atoms with Gasteiger partial charge in [0.2, 0.25) is 0 Å². The second-order valence-corrected chi connectivity index (χ2v) is 6.56. The molecule has 134 valence electrons. The van der Waals surface area contributed by atoms with E-state index in [1.807, 2.05) is 10.9 Å². The molecule has 2 N–H and O–H groups in total. The van der Waals surface area contributed by atoms with Gasteiger partial charge in [0.05, 0.1) is 18.3 Å². The molecule has 2 aromatic heterocycles. The van der Waals surface area contributed by atoms with Gasteiger partial charge in [-0.05, 0) is 37.1 Å². The smallest absolute Gasteiger partial charge is 0.143 e. The Bertz CT molecular complexity index is 1060. The van der Waals surface area contributed by atoms with Gasteiger partial charge >= 0.3 is 0 Å². The summed E-state index contributed by atoms with van der Waals surface area (Å²) in [6.45, 7) is 4.20. The largest absolute Gasteiger partial charge is 0.495 e. The molecule has 4 rings (SSSR count). The normalized spacial score (nSPS) is 11.5. The van der Waals surface area contributed by atoms with Crippen molar-refractivity contribution in [2.75, 3.05) is 7.11 Å². The number of para-hydroxylation sites is 1. The van der Waals surface area contributed by atoms with Crippen LogP contribution in [0.15, 0.2) is 42.6 Å². The fraction of sp³-hybridized carbons (Fsp3) is 0.300. The third-order valence-electron chi connectivity index (χ3n) is 4.76. The van der Waals surface area contributed by atoms with E-state index in [9.17, 15) is 0 Å². The van der Waals surface area contributed by atoms with Crippen molar-refractivity contribution in [3.05, 3.63) is 53.9 Å². The Kier molecular flexibility index (Phi) is 4.34. The molecule has 0 spiro atoms. The predicted octanol–water partition coefficient (Wildman–Crippen LogP) is 3.25. The molecule has 6 nitrogen and oxygen atoms in total. The number of hydrogen-bond acceptors (Lipinski definition) is 4. The molecule has 0 amide bonds. The van der Waals surface area contributed by atoms with E-state index in [1.54, 1.807) is 7.11 Å². The lowest BCUT2D eigenvalue weighted by Gasteiger charge is -2.11. The molecule has 0 radical (unpaired) electrons. The van der Waals surface area contributed by atoms with Gasteiger partial charge in [-0.15, -0.1) is 5.10 Å². The molecule has 0 saturated carbocycles. The van der Waals surface area contributed by atoms with Crippen LogP contribution in [-0.2, 0) is 19.6 Å². The van der Waals surface area contributed by atoms with Crippen LogP contribution in [0.5, 0.6) is 5.75 Å². The quantitative estimate of drug-likeness (QED) is 0.580. The lowest BCUT2D eigenvalue weighted by atomic mass is 10.1. The van der Waals surface area contributed by atoms with E-state index in [1.165, 1.54) is 21.9 Å². The van der Waals surface area contributed by atoms with Crippen LogP contribution in [0.1, 0.15) is 17.7 Å². The highest BCUT2D eigenvalue weighted by atomic mass is 16.5. The van der Waals surface area contributed by atoms with E-state index in [2.05, 4.69) is 58.2 Å². The Balaban J connectivity index is 1.72. The third-order valence-corrected chi connectivity index (χ3v) is 4.76. The average molecular weight is 349 g/mol. The van der Waals surface area contributed by atoms with Crippen LogP contribution < -0.4 is 10.5 Å². The maximum Gasteiger partial charge on any atom is 0.143 e.